The second kappa shape index (κ2) is 7.57. The van der Waals surface area contributed by atoms with Gasteiger partial charge in [-0.05, 0) is 75.8 Å². The summed E-state index contributed by atoms with van der Waals surface area (Å²) in [5, 5.41) is 4.30. The fourth-order valence-electron chi connectivity index (χ4n) is 4.76. The Morgan fingerprint density at radius 1 is 1.10 bits per heavy atom. The van der Waals surface area contributed by atoms with Crippen LogP contribution in [0.15, 0.2) is 48.7 Å². The van der Waals surface area contributed by atoms with Gasteiger partial charge in [0.15, 0.2) is 16.6 Å². The highest BCUT2D eigenvalue weighted by Gasteiger charge is 2.42. The normalized spacial score (nSPS) is 19.9. The number of pyridine rings is 1. The van der Waals surface area contributed by atoms with Crippen LogP contribution >= 0.6 is 12.2 Å². The van der Waals surface area contributed by atoms with E-state index in [0.717, 1.165) is 33.7 Å². The lowest BCUT2D eigenvalue weighted by molar-refractivity contribution is 0.174. The average Bonchev–Trinajstić information content (AvgIpc) is 3.43. The van der Waals surface area contributed by atoms with E-state index in [-0.39, 0.29) is 24.9 Å². The van der Waals surface area contributed by atoms with Gasteiger partial charge in [-0.25, -0.2) is 0 Å². The van der Waals surface area contributed by atoms with Crippen LogP contribution in [-0.2, 0) is 0 Å². The molecule has 3 aromatic rings. The van der Waals surface area contributed by atoms with Crippen LogP contribution in [0.5, 0.6) is 11.5 Å². The molecule has 0 bridgehead atoms. The summed E-state index contributed by atoms with van der Waals surface area (Å²) in [5.74, 6) is 1.57. The standard InChI is InChI=1S/C24H26N4O2S/c1-14(2)27-23(22(26-24(27)31)19-7-5-6-10-25-19)18-11-15(3)28(16(18)4)17-8-9-20-21(12-17)30-13-29-20/h5-12,14,22-23H,13H2,1-4H3,(H,26,31)/t22-,23-/m1/s1. The van der Waals surface area contributed by atoms with Gasteiger partial charge in [0.1, 0.15) is 0 Å². The zero-order chi connectivity index (χ0) is 21.7. The summed E-state index contributed by atoms with van der Waals surface area (Å²) in [7, 11) is 0. The largest absolute Gasteiger partial charge is 0.454 e. The van der Waals surface area contributed by atoms with Gasteiger partial charge < -0.3 is 24.3 Å². The molecular formula is C24H26N4O2S. The third-order valence-corrected chi connectivity index (χ3v) is 6.42. The van der Waals surface area contributed by atoms with E-state index in [4.69, 9.17) is 21.7 Å². The Morgan fingerprint density at radius 2 is 1.90 bits per heavy atom. The van der Waals surface area contributed by atoms with E-state index < -0.39 is 0 Å². The van der Waals surface area contributed by atoms with Crippen LogP contribution in [0.1, 0.15) is 48.6 Å². The molecule has 31 heavy (non-hydrogen) atoms. The van der Waals surface area contributed by atoms with E-state index in [1.807, 2.05) is 30.5 Å². The first-order chi connectivity index (χ1) is 15.0. The molecule has 0 radical (unpaired) electrons. The van der Waals surface area contributed by atoms with Crippen molar-refractivity contribution >= 4 is 17.3 Å². The second-order valence-electron chi connectivity index (χ2n) is 8.33. The van der Waals surface area contributed by atoms with Gasteiger partial charge in [-0.15, -0.1) is 0 Å². The van der Waals surface area contributed by atoms with Crippen LogP contribution in [0.3, 0.4) is 0 Å². The Kier molecular flexibility index (Phi) is 4.85. The van der Waals surface area contributed by atoms with E-state index in [1.165, 1.54) is 11.3 Å². The zero-order valence-corrected chi connectivity index (χ0v) is 18.9. The predicted octanol–water partition coefficient (Wildman–Crippen LogP) is 4.60. The number of nitrogens with zero attached hydrogens (tertiary/aromatic N) is 3. The Balaban J connectivity index is 1.62. The number of aromatic nitrogens is 2. The smallest absolute Gasteiger partial charge is 0.231 e. The maximum atomic E-state index is 5.75. The average molecular weight is 435 g/mol. The summed E-state index contributed by atoms with van der Waals surface area (Å²) in [4.78, 5) is 6.93. The van der Waals surface area contributed by atoms with Gasteiger partial charge in [0.05, 0.1) is 17.8 Å². The van der Waals surface area contributed by atoms with Gasteiger partial charge in [0, 0.05) is 35.4 Å². The molecule has 5 rings (SSSR count). The molecular weight excluding hydrogens is 408 g/mol. The monoisotopic (exact) mass is 434 g/mol. The van der Waals surface area contributed by atoms with Crippen molar-refractivity contribution in [3.8, 4) is 17.2 Å². The number of nitrogens with one attached hydrogen (secondary N) is 1. The number of benzene rings is 1. The summed E-state index contributed by atoms with van der Waals surface area (Å²) in [5.41, 5.74) is 5.63. The van der Waals surface area contributed by atoms with Crippen molar-refractivity contribution in [2.75, 3.05) is 6.79 Å². The van der Waals surface area contributed by atoms with E-state index >= 15 is 0 Å². The lowest BCUT2D eigenvalue weighted by Crippen LogP contribution is -2.35. The van der Waals surface area contributed by atoms with Crippen LogP contribution in [0.25, 0.3) is 5.69 Å². The van der Waals surface area contributed by atoms with E-state index in [1.54, 1.807) is 0 Å². The SMILES string of the molecule is Cc1cc([C@@H]2[C@@H](c3ccccn3)NC(=S)N2C(C)C)c(C)n1-c1ccc2c(c1)OCO2. The molecule has 1 aromatic carbocycles. The van der Waals surface area contributed by atoms with Crippen LogP contribution < -0.4 is 14.8 Å². The Morgan fingerprint density at radius 3 is 2.65 bits per heavy atom. The van der Waals surface area contributed by atoms with Crippen molar-refractivity contribution in [2.45, 2.75) is 45.8 Å². The Hall–Kier alpha value is -3.06. The number of hydrogen-bond acceptors (Lipinski definition) is 4. The molecule has 160 valence electrons. The van der Waals surface area contributed by atoms with Crippen molar-refractivity contribution in [2.24, 2.45) is 0 Å². The van der Waals surface area contributed by atoms with E-state index in [0.29, 0.717) is 0 Å². The number of aryl methyl sites for hydroxylation is 1. The van der Waals surface area contributed by atoms with Gasteiger partial charge in [-0.2, -0.15) is 0 Å². The highest BCUT2D eigenvalue weighted by atomic mass is 32.1. The molecule has 0 spiro atoms. The van der Waals surface area contributed by atoms with Gasteiger partial charge in [0.25, 0.3) is 0 Å². The molecule has 0 unspecified atom stereocenters. The molecule has 2 atom stereocenters. The molecule has 2 aliphatic rings. The lowest BCUT2D eigenvalue weighted by Gasteiger charge is -2.31. The first-order valence-corrected chi connectivity index (χ1v) is 10.9. The molecule has 6 nitrogen and oxygen atoms in total. The van der Waals surface area contributed by atoms with Gasteiger partial charge in [0.2, 0.25) is 6.79 Å². The van der Waals surface area contributed by atoms with Crippen LogP contribution in [0, 0.1) is 13.8 Å². The molecule has 1 fully saturated rings. The molecule has 2 aliphatic heterocycles. The predicted molar refractivity (Wildman–Crippen MR) is 124 cm³/mol. The van der Waals surface area contributed by atoms with Crippen molar-refractivity contribution in [3.05, 3.63) is 71.3 Å². The van der Waals surface area contributed by atoms with Gasteiger partial charge >= 0.3 is 0 Å². The zero-order valence-electron chi connectivity index (χ0n) is 18.1. The molecule has 0 amide bonds. The van der Waals surface area contributed by atoms with Crippen LogP contribution in [-0.4, -0.2) is 32.4 Å². The van der Waals surface area contributed by atoms with Gasteiger partial charge in [-0.3, -0.25) is 4.98 Å². The summed E-state index contributed by atoms with van der Waals surface area (Å²) in [6.45, 7) is 8.94. The molecule has 7 heteroatoms. The minimum Gasteiger partial charge on any atom is -0.454 e. The summed E-state index contributed by atoms with van der Waals surface area (Å²) < 4.78 is 13.4. The summed E-state index contributed by atoms with van der Waals surface area (Å²) in [6, 6.07) is 14.7. The Bertz CT molecular complexity index is 1140. The number of hydrogen-bond donors (Lipinski definition) is 1. The second-order valence-corrected chi connectivity index (χ2v) is 8.71. The number of ether oxygens (including phenoxy) is 2. The molecule has 2 aromatic heterocycles. The van der Waals surface area contributed by atoms with Crippen molar-refractivity contribution in [3.63, 3.8) is 0 Å². The maximum Gasteiger partial charge on any atom is 0.231 e. The third kappa shape index (κ3) is 3.24. The first-order valence-electron chi connectivity index (χ1n) is 10.5. The third-order valence-electron chi connectivity index (χ3n) is 6.09. The number of fused-ring (bicyclic) bond motifs is 1. The maximum absolute atomic E-state index is 5.75. The summed E-state index contributed by atoms with van der Waals surface area (Å²) in [6.07, 6.45) is 1.84. The Labute approximate surface area is 187 Å². The molecule has 0 aliphatic carbocycles. The molecule has 1 N–H and O–H groups in total. The first kappa shape index (κ1) is 19.9. The highest BCUT2D eigenvalue weighted by molar-refractivity contribution is 7.80. The molecule has 4 heterocycles. The van der Waals surface area contributed by atoms with E-state index in [2.05, 4.69) is 65.7 Å². The minimum atomic E-state index is -0.0122. The van der Waals surface area contributed by atoms with Crippen LogP contribution in [0.4, 0.5) is 0 Å². The van der Waals surface area contributed by atoms with Gasteiger partial charge in [-0.1, -0.05) is 6.07 Å². The summed E-state index contributed by atoms with van der Waals surface area (Å²) >= 11 is 5.75. The fourth-order valence-corrected chi connectivity index (χ4v) is 5.21. The van der Waals surface area contributed by atoms with Crippen LogP contribution in [0.2, 0.25) is 0 Å². The number of rotatable bonds is 4. The molecule has 0 saturated carbocycles. The topological polar surface area (TPSA) is 51.6 Å². The minimum absolute atomic E-state index is 0.0122. The van der Waals surface area contributed by atoms with Crippen molar-refractivity contribution in [1.29, 1.82) is 0 Å². The lowest BCUT2D eigenvalue weighted by atomic mass is 9.96. The molecule has 1 saturated heterocycles. The number of thiocarbonyl (C=S) groups is 1. The highest BCUT2D eigenvalue weighted by Crippen LogP contribution is 2.43. The van der Waals surface area contributed by atoms with Crippen molar-refractivity contribution < 1.29 is 9.47 Å². The fraction of sp³-hybridized carbons (Fsp3) is 0.333. The quantitative estimate of drug-likeness (QED) is 0.606. The van der Waals surface area contributed by atoms with E-state index in [9.17, 15) is 0 Å². The van der Waals surface area contributed by atoms with Crippen molar-refractivity contribution in [1.82, 2.24) is 19.8 Å².